The summed E-state index contributed by atoms with van der Waals surface area (Å²) in [5.41, 5.74) is 2.58. The highest BCUT2D eigenvalue weighted by atomic mass is 31.2. The molecule has 4 amide bonds. The molecule has 6 rings (SSSR count). The number of amides is 4. The Hall–Kier alpha value is -4.15. The second kappa shape index (κ2) is 14.7. The van der Waals surface area contributed by atoms with Crippen molar-refractivity contribution in [2.24, 2.45) is 17.3 Å². The molecule has 4 bridgehead atoms. The molecule has 1 saturated heterocycles. The molecule has 3 N–H and O–H groups in total. The van der Waals surface area contributed by atoms with Crippen LogP contribution in [0.5, 0.6) is 0 Å². The van der Waals surface area contributed by atoms with Crippen molar-refractivity contribution in [1.82, 2.24) is 20.4 Å². The number of alkyl carbamates (subject to hydrolysis) is 1. The van der Waals surface area contributed by atoms with Gasteiger partial charge in [-0.05, 0) is 65.8 Å². The van der Waals surface area contributed by atoms with Crippen molar-refractivity contribution < 1.29 is 38.1 Å². The van der Waals surface area contributed by atoms with Gasteiger partial charge in [0.2, 0.25) is 11.8 Å². The van der Waals surface area contributed by atoms with E-state index in [4.69, 9.17) is 9.47 Å². The van der Waals surface area contributed by atoms with Crippen molar-refractivity contribution >= 4 is 36.7 Å². The van der Waals surface area contributed by atoms with Gasteiger partial charge in [0.1, 0.15) is 23.5 Å². The van der Waals surface area contributed by atoms with Crippen molar-refractivity contribution in [1.29, 1.82) is 0 Å². The second-order valence-electron chi connectivity index (χ2n) is 15.9. The molecule has 2 aromatic carbocycles. The van der Waals surface area contributed by atoms with E-state index in [9.17, 15) is 28.6 Å². The van der Waals surface area contributed by atoms with E-state index in [1.807, 2.05) is 19.1 Å². The topological polar surface area (TPSA) is 155 Å². The molecule has 1 saturated carbocycles. The number of nitrogens with zero attached hydrogens (tertiary/aromatic N) is 2. The summed E-state index contributed by atoms with van der Waals surface area (Å²) >= 11 is 0. The van der Waals surface area contributed by atoms with E-state index >= 15 is 0 Å². The van der Waals surface area contributed by atoms with Gasteiger partial charge in [0.25, 0.3) is 7.37 Å². The van der Waals surface area contributed by atoms with E-state index in [1.54, 1.807) is 62.1 Å². The largest absolute Gasteiger partial charge is 0.449 e. The fourth-order valence-corrected chi connectivity index (χ4v) is 10.1. The average molecular weight is 735 g/mol. The zero-order valence-corrected chi connectivity index (χ0v) is 31.4. The van der Waals surface area contributed by atoms with Crippen LogP contribution in [0.25, 0.3) is 0 Å². The first-order valence-corrected chi connectivity index (χ1v) is 19.9. The summed E-state index contributed by atoms with van der Waals surface area (Å²) < 4.78 is 25.7. The van der Waals surface area contributed by atoms with Gasteiger partial charge in [0.05, 0.1) is 13.2 Å². The highest BCUT2D eigenvalue weighted by molar-refractivity contribution is 7.68. The number of benzene rings is 2. The van der Waals surface area contributed by atoms with Crippen LogP contribution in [0.2, 0.25) is 0 Å². The molecule has 0 spiro atoms. The van der Waals surface area contributed by atoms with Gasteiger partial charge in [-0.2, -0.15) is 0 Å². The number of hydrogen-bond donors (Lipinski definition) is 3. The molecule has 3 aliphatic heterocycles. The maximum atomic E-state index is 14.5. The Balaban J connectivity index is 1.30. The number of nitrogens with one attached hydrogen (secondary N) is 2. The molecule has 7 atom stereocenters. The lowest BCUT2D eigenvalue weighted by atomic mass is 9.85. The maximum Gasteiger partial charge on any atom is 0.410 e. The number of fused-ring (bicyclic) bond motifs is 3. The molecule has 1 unspecified atom stereocenters. The van der Waals surface area contributed by atoms with Gasteiger partial charge in [-0.25, -0.2) is 9.59 Å². The molecule has 2 aromatic rings. The molecule has 2 fully saturated rings. The number of hydrogen-bond acceptors (Lipinski definition) is 7. The van der Waals surface area contributed by atoms with Crippen LogP contribution in [0, 0.1) is 17.3 Å². The third-order valence-electron chi connectivity index (χ3n) is 11.0. The number of carbonyl (C=O) groups is 4. The van der Waals surface area contributed by atoms with Gasteiger partial charge in [-0.1, -0.05) is 76.6 Å². The molecule has 52 heavy (non-hydrogen) atoms. The van der Waals surface area contributed by atoms with Crippen LogP contribution in [0.15, 0.2) is 61.2 Å². The van der Waals surface area contributed by atoms with E-state index in [0.29, 0.717) is 13.1 Å². The average Bonchev–Trinajstić information content (AvgIpc) is 3.42. The fraction of sp³-hybridized carbons (Fsp3) is 0.538. The van der Waals surface area contributed by atoms with Crippen molar-refractivity contribution in [3.8, 4) is 0 Å². The summed E-state index contributed by atoms with van der Waals surface area (Å²) in [5, 5.41) is 4.31. The monoisotopic (exact) mass is 734 g/mol. The maximum absolute atomic E-state index is 14.5. The normalized spacial score (nSPS) is 29.6. The number of aryl methyl sites for hydroxylation is 1. The first kappa shape index (κ1) is 37.6. The zero-order chi connectivity index (χ0) is 37.4. The highest BCUT2D eigenvalue weighted by Crippen LogP contribution is 2.68. The van der Waals surface area contributed by atoms with Crippen LogP contribution in [-0.4, -0.2) is 75.3 Å². The minimum absolute atomic E-state index is 0.0376. The van der Waals surface area contributed by atoms with Crippen LogP contribution in [0.4, 0.5) is 9.59 Å². The van der Waals surface area contributed by atoms with Crippen LogP contribution >= 0.6 is 7.37 Å². The highest BCUT2D eigenvalue weighted by Gasteiger charge is 2.66. The predicted molar refractivity (Wildman–Crippen MR) is 196 cm³/mol. The number of cyclic esters (lactones) is 1. The summed E-state index contributed by atoms with van der Waals surface area (Å²) in [4.78, 5) is 70.1. The Morgan fingerprint density at radius 3 is 2.50 bits per heavy atom. The Morgan fingerprint density at radius 2 is 1.81 bits per heavy atom. The van der Waals surface area contributed by atoms with Gasteiger partial charge in [-0.3, -0.25) is 19.1 Å². The molecule has 13 heteroatoms. The third-order valence-corrected chi connectivity index (χ3v) is 13.7. The summed E-state index contributed by atoms with van der Waals surface area (Å²) in [5.74, 6) is -1.58. The van der Waals surface area contributed by atoms with Crippen LogP contribution in [0.3, 0.4) is 0 Å². The van der Waals surface area contributed by atoms with Gasteiger partial charge in [0.15, 0.2) is 0 Å². The van der Waals surface area contributed by atoms with Gasteiger partial charge in [0, 0.05) is 30.7 Å². The van der Waals surface area contributed by atoms with Crippen LogP contribution in [-0.2, 0) is 43.1 Å². The standard InChI is InChI=1S/C39H51N4O8P/c1-6-28-20-39(28,52(48,49)30-17-8-7-9-18-30)41-34(44)32-19-29-22-43(32)35(45)33(38(3,4)5)40-36(46)50-24-25(2)13-10-11-14-26-15-12-16-27-21-42(23-31(26)27)37(47)51-29/h6-9,12,15-18,25,28-29,32-33H,1,10-11,13-14,19-24H2,2-5H3,(H,40,46)(H,41,44)(H,48,49)/t25-,28-,29+,32-,33+,39-/m0/s1. The van der Waals surface area contributed by atoms with Crippen LogP contribution in [0.1, 0.15) is 76.5 Å². The van der Waals surface area contributed by atoms with E-state index in [0.717, 1.165) is 36.8 Å². The smallest absolute Gasteiger partial charge is 0.410 e. The predicted octanol–water partition coefficient (Wildman–Crippen LogP) is 5.23. The fourth-order valence-electron chi connectivity index (χ4n) is 7.81. The molecular weight excluding hydrogens is 683 g/mol. The molecule has 280 valence electrons. The number of rotatable bonds is 5. The number of carbonyl (C=O) groups excluding carboxylic acids is 4. The molecule has 3 heterocycles. The van der Waals surface area contributed by atoms with Crippen molar-refractivity contribution in [3.05, 3.63) is 77.9 Å². The molecule has 0 radical (unpaired) electrons. The van der Waals surface area contributed by atoms with Crippen molar-refractivity contribution in [2.75, 3.05) is 13.2 Å². The lowest BCUT2D eigenvalue weighted by molar-refractivity contribution is -0.142. The molecule has 12 nitrogen and oxygen atoms in total. The molecule has 0 aromatic heterocycles. The summed E-state index contributed by atoms with van der Waals surface area (Å²) in [6.45, 7) is 12.1. The first-order valence-electron chi connectivity index (χ1n) is 18.3. The molecule has 4 aliphatic rings. The van der Waals surface area contributed by atoms with Crippen molar-refractivity contribution in [3.63, 3.8) is 0 Å². The van der Waals surface area contributed by atoms with E-state index in [1.165, 1.54) is 10.5 Å². The third kappa shape index (κ3) is 7.51. The van der Waals surface area contributed by atoms with Gasteiger partial charge in [-0.15, -0.1) is 6.58 Å². The Kier molecular flexibility index (Phi) is 10.6. The van der Waals surface area contributed by atoms with E-state index < -0.39 is 66.2 Å². The van der Waals surface area contributed by atoms with Gasteiger partial charge < -0.3 is 29.9 Å². The first-order chi connectivity index (χ1) is 24.6. The quantitative estimate of drug-likeness (QED) is 0.279. The Bertz CT molecular complexity index is 1760. The summed E-state index contributed by atoms with van der Waals surface area (Å²) in [7, 11) is -4.19. The SMILES string of the molecule is C=C[C@H]1C[C@]1(NC(=O)[C@@H]1C[C@@H]2CN1C(=O)[C@H](C(C)(C)C)NC(=O)OC[C@@H](C)CCCCc1cccc3c1CN(C3)C(=O)O2)P(=O)(O)c1ccccc1. The minimum Gasteiger partial charge on any atom is -0.449 e. The Morgan fingerprint density at radius 1 is 1.08 bits per heavy atom. The Labute approximate surface area is 305 Å². The molecule has 1 aliphatic carbocycles. The van der Waals surface area contributed by atoms with E-state index in [2.05, 4.69) is 23.3 Å². The zero-order valence-electron chi connectivity index (χ0n) is 30.5. The number of ether oxygens (including phenoxy) is 2. The summed E-state index contributed by atoms with van der Waals surface area (Å²) in [6, 6.07) is 12.0. The second-order valence-corrected chi connectivity index (χ2v) is 18.4. The summed E-state index contributed by atoms with van der Waals surface area (Å²) in [6.07, 6.45) is 3.18. The lowest BCUT2D eigenvalue weighted by Gasteiger charge is -2.35. The van der Waals surface area contributed by atoms with E-state index in [-0.39, 0.29) is 37.2 Å². The lowest BCUT2D eigenvalue weighted by Crippen LogP contribution is -2.58. The van der Waals surface area contributed by atoms with Crippen LogP contribution < -0.4 is 15.9 Å². The van der Waals surface area contributed by atoms with Crippen molar-refractivity contribution in [2.45, 2.75) is 103 Å². The van der Waals surface area contributed by atoms with Gasteiger partial charge >= 0.3 is 12.2 Å². The minimum atomic E-state index is -4.19. The molecular formula is C39H51N4O8P.